The molecule has 0 spiro atoms. The van der Waals surface area contributed by atoms with Crippen LogP contribution in [0.3, 0.4) is 0 Å². The number of benzene rings is 1. The molecule has 0 radical (unpaired) electrons. The van der Waals surface area contributed by atoms with Gasteiger partial charge in [0.2, 0.25) is 0 Å². The van der Waals surface area contributed by atoms with E-state index in [1.807, 2.05) is 38.1 Å². The lowest BCUT2D eigenvalue weighted by Gasteiger charge is -2.10. The molecule has 1 rings (SSSR count). The summed E-state index contributed by atoms with van der Waals surface area (Å²) in [5, 5.41) is 3.22. The van der Waals surface area contributed by atoms with Gasteiger partial charge >= 0.3 is 0 Å². The Morgan fingerprint density at radius 1 is 1.36 bits per heavy atom. The molecule has 0 aromatic heterocycles. The highest BCUT2D eigenvalue weighted by molar-refractivity contribution is 5.65. The van der Waals surface area contributed by atoms with E-state index in [9.17, 15) is 0 Å². The lowest BCUT2D eigenvalue weighted by Crippen LogP contribution is -2.13. The Labute approximate surface area is 85.3 Å². The molecule has 3 N–H and O–H groups in total. The van der Waals surface area contributed by atoms with Crippen molar-refractivity contribution in [1.29, 1.82) is 0 Å². The largest absolute Gasteiger partial charge is 0.397 e. The zero-order chi connectivity index (χ0) is 10.4. The summed E-state index contributed by atoms with van der Waals surface area (Å²) < 4.78 is 5.40. The first-order valence-corrected chi connectivity index (χ1v) is 4.90. The van der Waals surface area contributed by atoms with Crippen LogP contribution in [0.4, 0.5) is 11.4 Å². The Kier molecular flexibility index (Phi) is 4.26. The predicted molar refractivity (Wildman–Crippen MR) is 60.4 cm³/mol. The van der Waals surface area contributed by atoms with Crippen LogP contribution in [0.5, 0.6) is 0 Å². The molecule has 0 amide bonds. The zero-order valence-electron chi connectivity index (χ0n) is 8.79. The molecule has 3 heteroatoms. The van der Waals surface area contributed by atoms with Gasteiger partial charge in [0, 0.05) is 6.54 Å². The van der Waals surface area contributed by atoms with E-state index in [4.69, 9.17) is 10.5 Å². The van der Waals surface area contributed by atoms with Gasteiger partial charge in [-0.05, 0) is 26.0 Å². The molecule has 1 aromatic rings. The molecule has 14 heavy (non-hydrogen) atoms. The zero-order valence-corrected chi connectivity index (χ0v) is 8.79. The van der Waals surface area contributed by atoms with Crippen molar-refractivity contribution in [3.8, 4) is 0 Å². The quantitative estimate of drug-likeness (QED) is 0.557. The molecule has 0 aliphatic heterocycles. The molecule has 1 aromatic carbocycles. The molecule has 0 aliphatic rings. The third-order valence-corrected chi connectivity index (χ3v) is 1.83. The Balaban J connectivity index is 2.28. The summed E-state index contributed by atoms with van der Waals surface area (Å²) in [6, 6.07) is 7.73. The summed E-state index contributed by atoms with van der Waals surface area (Å²) in [6.45, 7) is 5.53. The minimum atomic E-state index is 0.282. The molecule has 0 saturated heterocycles. The third kappa shape index (κ3) is 3.66. The summed E-state index contributed by atoms with van der Waals surface area (Å²) >= 11 is 0. The van der Waals surface area contributed by atoms with Crippen molar-refractivity contribution >= 4 is 11.4 Å². The van der Waals surface area contributed by atoms with Crippen molar-refractivity contribution in [3.63, 3.8) is 0 Å². The van der Waals surface area contributed by atoms with Crippen molar-refractivity contribution in [1.82, 2.24) is 0 Å². The molecular weight excluding hydrogens is 176 g/mol. The van der Waals surface area contributed by atoms with E-state index in [-0.39, 0.29) is 6.10 Å². The molecule has 78 valence electrons. The van der Waals surface area contributed by atoms with Crippen LogP contribution in [0, 0.1) is 0 Å². The Morgan fingerprint density at radius 2 is 2.07 bits per heavy atom. The number of anilines is 2. The second-order valence-electron chi connectivity index (χ2n) is 3.43. The molecule has 3 nitrogen and oxygen atoms in total. The van der Waals surface area contributed by atoms with Gasteiger partial charge in [0.15, 0.2) is 0 Å². The summed E-state index contributed by atoms with van der Waals surface area (Å²) in [6.07, 6.45) is 0.282. The summed E-state index contributed by atoms with van der Waals surface area (Å²) in [4.78, 5) is 0. The number of rotatable bonds is 5. The van der Waals surface area contributed by atoms with Gasteiger partial charge in [-0.25, -0.2) is 0 Å². The fourth-order valence-corrected chi connectivity index (χ4v) is 1.14. The molecular formula is C11H18N2O. The number of hydrogen-bond donors (Lipinski definition) is 2. The molecule has 0 aliphatic carbocycles. The fourth-order valence-electron chi connectivity index (χ4n) is 1.14. The Hall–Kier alpha value is -1.22. The first-order valence-electron chi connectivity index (χ1n) is 4.90. The lowest BCUT2D eigenvalue weighted by atomic mass is 10.3. The number of ether oxygens (including phenoxy) is 1. The smallest absolute Gasteiger partial charge is 0.0642 e. The SMILES string of the molecule is CC(C)OCCNc1ccccc1N. The molecule has 0 fully saturated rings. The molecule has 0 heterocycles. The summed E-state index contributed by atoms with van der Waals surface area (Å²) in [7, 11) is 0. The van der Waals surface area contributed by atoms with E-state index in [2.05, 4.69) is 5.32 Å². The number of hydrogen-bond acceptors (Lipinski definition) is 3. The van der Waals surface area contributed by atoms with E-state index in [0.29, 0.717) is 6.61 Å². The second kappa shape index (κ2) is 5.50. The number of nitrogen functional groups attached to an aromatic ring is 1. The van der Waals surface area contributed by atoms with E-state index in [1.165, 1.54) is 0 Å². The maximum atomic E-state index is 5.76. The second-order valence-corrected chi connectivity index (χ2v) is 3.43. The van der Waals surface area contributed by atoms with Crippen molar-refractivity contribution in [3.05, 3.63) is 24.3 Å². The first-order chi connectivity index (χ1) is 6.70. The lowest BCUT2D eigenvalue weighted by molar-refractivity contribution is 0.0871. The van der Waals surface area contributed by atoms with Gasteiger partial charge in [0.1, 0.15) is 0 Å². The standard InChI is InChI=1S/C11H18N2O/c1-9(2)14-8-7-13-11-6-4-3-5-10(11)12/h3-6,9,13H,7-8,12H2,1-2H3. The van der Waals surface area contributed by atoms with Crippen LogP contribution in [-0.4, -0.2) is 19.3 Å². The van der Waals surface area contributed by atoms with Crippen LogP contribution in [0.1, 0.15) is 13.8 Å². The van der Waals surface area contributed by atoms with Crippen LogP contribution in [-0.2, 0) is 4.74 Å². The van der Waals surface area contributed by atoms with Gasteiger partial charge in [0.05, 0.1) is 24.1 Å². The van der Waals surface area contributed by atoms with E-state index in [0.717, 1.165) is 17.9 Å². The van der Waals surface area contributed by atoms with Crippen molar-refractivity contribution in [2.75, 3.05) is 24.2 Å². The number of nitrogens with one attached hydrogen (secondary N) is 1. The van der Waals surface area contributed by atoms with E-state index >= 15 is 0 Å². The monoisotopic (exact) mass is 194 g/mol. The van der Waals surface area contributed by atoms with Gasteiger partial charge in [-0.15, -0.1) is 0 Å². The van der Waals surface area contributed by atoms with Crippen molar-refractivity contribution in [2.24, 2.45) is 0 Å². The van der Waals surface area contributed by atoms with Crippen LogP contribution in [0.25, 0.3) is 0 Å². The summed E-state index contributed by atoms with van der Waals surface area (Å²) in [5.41, 5.74) is 7.51. The van der Waals surface area contributed by atoms with Gasteiger partial charge in [0.25, 0.3) is 0 Å². The van der Waals surface area contributed by atoms with Gasteiger partial charge in [-0.2, -0.15) is 0 Å². The molecule has 0 bridgehead atoms. The molecule has 0 atom stereocenters. The highest BCUT2D eigenvalue weighted by atomic mass is 16.5. The first kappa shape index (κ1) is 10.9. The number of para-hydroxylation sites is 2. The summed E-state index contributed by atoms with van der Waals surface area (Å²) in [5.74, 6) is 0. The average Bonchev–Trinajstić information content (AvgIpc) is 2.15. The number of nitrogens with two attached hydrogens (primary N) is 1. The third-order valence-electron chi connectivity index (χ3n) is 1.83. The predicted octanol–water partition coefficient (Wildman–Crippen LogP) is 2.11. The minimum Gasteiger partial charge on any atom is -0.397 e. The Morgan fingerprint density at radius 3 is 2.71 bits per heavy atom. The molecule has 0 unspecified atom stereocenters. The van der Waals surface area contributed by atoms with Crippen LogP contribution in [0.15, 0.2) is 24.3 Å². The van der Waals surface area contributed by atoms with Crippen LogP contribution in [0.2, 0.25) is 0 Å². The van der Waals surface area contributed by atoms with E-state index in [1.54, 1.807) is 0 Å². The normalized spacial score (nSPS) is 10.5. The van der Waals surface area contributed by atoms with Crippen molar-refractivity contribution < 1.29 is 4.74 Å². The maximum absolute atomic E-state index is 5.76. The van der Waals surface area contributed by atoms with Crippen LogP contribution < -0.4 is 11.1 Å². The average molecular weight is 194 g/mol. The van der Waals surface area contributed by atoms with Gasteiger partial charge in [-0.1, -0.05) is 12.1 Å². The topological polar surface area (TPSA) is 47.3 Å². The van der Waals surface area contributed by atoms with E-state index < -0.39 is 0 Å². The van der Waals surface area contributed by atoms with Crippen LogP contribution >= 0.6 is 0 Å². The minimum absolute atomic E-state index is 0.282. The highest BCUT2D eigenvalue weighted by Crippen LogP contribution is 2.15. The van der Waals surface area contributed by atoms with Gasteiger partial charge in [-0.3, -0.25) is 0 Å². The van der Waals surface area contributed by atoms with Gasteiger partial charge < -0.3 is 15.8 Å². The van der Waals surface area contributed by atoms with Crippen molar-refractivity contribution in [2.45, 2.75) is 20.0 Å². The maximum Gasteiger partial charge on any atom is 0.0642 e. The Bertz CT molecular complexity index is 274. The molecule has 0 saturated carbocycles. The highest BCUT2D eigenvalue weighted by Gasteiger charge is 1.96. The fraction of sp³-hybridized carbons (Fsp3) is 0.455.